The maximum atomic E-state index is 12.2. The van der Waals surface area contributed by atoms with Gasteiger partial charge >= 0.3 is 6.09 Å². The number of cyclic esters (lactones) is 1. The minimum atomic E-state index is -2.12. The van der Waals surface area contributed by atoms with E-state index in [0.29, 0.717) is 35.7 Å². The first-order chi connectivity index (χ1) is 13.3. The summed E-state index contributed by atoms with van der Waals surface area (Å²) in [5.74, 6) is 7.21. The van der Waals surface area contributed by atoms with Crippen LogP contribution in [-0.2, 0) is 9.16 Å². The van der Waals surface area contributed by atoms with E-state index in [0.717, 1.165) is 25.7 Å². The molecule has 1 amide bonds. The van der Waals surface area contributed by atoms with Crippen LogP contribution in [0.15, 0.2) is 12.0 Å². The van der Waals surface area contributed by atoms with Crippen molar-refractivity contribution in [2.24, 2.45) is 0 Å². The Bertz CT molecular complexity index is 550. The van der Waals surface area contributed by atoms with Crippen molar-refractivity contribution < 1.29 is 14.0 Å². The summed E-state index contributed by atoms with van der Waals surface area (Å²) in [6.45, 7) is 16.8. The van der Waals surface area contributed by atoms with Gasteiger partial charge in [0.05, 0.1) is 6.54 Å². The second-order valence-electron chi connectivity index (χ2n) is 8.58. The molecule has 0 radical (unpaired) electrons. The second-order valence-corrected chi connectivity index (χ2v) is 14.0. The van der Waals surface area contributed by atoms with Crippen LogP contribution in [0.3, 0.4) is 0 Å². The lowest BCUT2D eigenvalue weighted by Crippen LogP contribution is -2.49. The van der Waals surface area contributed by atoms with Crippen molar-refractivity contribution in [3.63, 3.8) is 0 Å². The summed E-state index contributed by atoms with van der Waals surface area (Å²) in [5.41, 5.74) is 1.37. The summed E-state index contributed by atoms with van der Waals surface area (Å²) in [5, 5.41) is 0. The molecule has 0 atom stereocenters. The minimum Gasteiger partial charge on any atom is -0.531 e. The highest BCUT2D eigenvalue weighted by atomic mass is 28.4. The molecule has 0 aromatic carbocycles. The Morgan fingerprint density at radius 1 is 1.11 bits per heavy atom. The van der Waals surface area contributed by atoms with E-state index in [-0.39, 0.29) is 6.09 Å². The van der Waals surface area contributed by atoms with Crippen LogP contribution in [0.2, 0.25) is 16.6 Å². The van der Waals surface area contributed by atoms with Crippen molar-refractivity contribution in [2.45, 2.75) is 104 Å². The average molecular weight is 408 g/mol. The van der Waals surface area contributed by atoms with E-state index in [1.54, 1.807) is 4.90 Å². The summed E-state index contributed by atoms with van der Waals surface area (Å²) in [6.07, 6.45) is 7.89. The van der Waals surface area contributed by atoms with Gasteiger partial charge < -0.3 is 9.16 Å². The Morgan fingerprint density at radius 2 is 1.68 bits per heavy atom. The average Bonchev–Trinajstić information content (AvgIpc) is 3.04. The quantitative estimate of drug-likeness (QED) is 0.163. The molecule has 0 N–H and O–H groups in total. The molecule has 28 heavy (non-hydrogen) atoms. The van der Waals surface area contributed by atoms with E-state index in [1.165, 1.54) is 12.8 Å². The smallest absolute Gasteiger partial charge is 0.416 e. The molecule has 0 aromatic heterocycles. The Labute approximate surface area is 174 Å². The van der Waals surface area contributed by atoms with Gasteiger partial charge in [0.15, 0.2) is 5.88 Å². The maximum absolute atomic E-state index is 12.2. The van der Waals surface area contributed by atoms with Crippen molar-refractivity contribution in [1.82, 2.24) is 4.90 Å². The minimum absolute atomic E-state index is 0.287. The highest BCUT2D eigenvalue weighted by Crippen LogP contribution is 2.44. The van der Waals surface area contributed by atoms with Crippen LogP contribution in [0.5, 0.6) is 0 Å². The fourth-order valence-electron chi connectivity index (χ4n) is 4.19. The predicted octanol–water partition coefficient (Wildman–Crippen LogP) is 6.84. The number of nitrogens with zero attached hydrogens (tertiary/aromatic N) is 1. The van der Waals surface area contributed by atoms with Gasteiger partial charge in [0.1, 0.15) is 6.61 Å². The predicted molar refractivity (Wildman–Crippen MR) is 119 cm³/mol. The number of amides is 1. The molecule has 0 spiro atoms. The van der Waals surface area contributed by atoms with Gasteiger partial charge in [0, 0.05) is 12.8 Å². The molecule has 0 aliphatic carbocycles. The number of carbonyl (C=O) groups is 1. The van der Waals surface area contributed by atoms with Crippen molar-refractivity contribution in [3.8, 4) is 11.8 Å². The molecule has 0 bridgehead atoms. The summed E-state index contributed by atoms with van der Waals surface area (Å²) < 4.78 is 12.0. The van der Waals surface area contributed by atoms with Gasteiger partial charge in [-0.15, -0.1) is 11.8 Å². The molecule has 0 unspecified atom stereocenters. The van der Waals surface area contributed by atoms with Gasteiger partial charge in [-0.05, 0) is 42.0 Å². The van der Waals surface area contributed by atoms with Crippen molar-refractivity contribution in [1.29, 1.82) is 0 Å². The molecule has 1 saturated heterocycles. The highest BCUT2D eigenvalue weighted by Gasteiger charge is 2.48. The monoisotopic (exact) mass is 407 g/mol. The first-order valence-corrected chi connectivity index (χ1v) is 13.2. The first-order valence-electron chi connectivity index (χ1n) is 11.1. The molecule has 1 rings (SSSR count). The van der Waals surface area contributed by atoms with E-state index in [1.807, 2.05) is 0 Å². The van der Waals surface area contributed by atoms with E-state index in [4.69, 9.17) is 9.16 Å². The van der Waals surface area contributed by atoms with Gasteiger partial charge in [0.25, 0.3) is 8.32 Å². The van der Waals surface area contributed by atoms with E-state index in [9.17, 15) is 4.79 Å². The zero-order chi connectivity index (χ0) is 21.2. The zero-order valence-corrected chi connectivity index (χ0v) is 20.1. The SMILES string of the molecule is CCCCC#CCCC/C=C(\O[Si](C(C)C)(C(C)C)C(C)C)N1CCOC1=O. The van der Waals surface area contributed by atoms with E-state index >= 15 is 0 Å². The Hall–Kier alpha value is -1.41. The van der Waals surface area contributed by atoms with Crippen LogP contribution in [0.4, 0.5) is 4.79 Å². The molecule has 160 valence electrons. The largest absolute Gasteiger partial charge is 0.531 e. The lowest BCUT2D eigenvalue weighted by Gasteiger charge is -2.43. The van der Waals surface area contributed by atoms with Gasteiger partial charge in [-0.2, -0.15) is 0 Å². The molecule has 1 fully saturated rings. The fraction of sp³-hybridized carbons (Fsp3) is 0.783. The number of hydrogen-bond acceptors (Lipinski definition) is 3. The van der Waals surface area contributed by atoms with Crippen LogP contribution < -0.4 is 0 Å². The topological polar surface area (TPSA) is 38.8 Å². The van der Waals surface area contributed by atoms with Crippen molar-refractivity contribution >= 4 is 14.4 Å². The van der Waals surface area contributed by atoms with Crippen LogP contribution in [0.1, 0.15) is 87.0 Å². The van der Waals surface area contributed by atoms with Crippen LogP contribution >= 0.6 is 0 Å². The third kappa shape index (κ3) is 6.58. The first kappa shape index (κ1) is 24.6. The van der Waals surface area contributed by atoms with E-state index < -0.39 is 8.32 Å². The Kier molecular flexibility index (Phi) is 10.7. The van der Waals surface area contributed by atoms with Gasteiger partial charge in [0.2, 0.25) is 0 Å². The molecule has 0 saturated carbocycles. The van der Waals surface area contributed by atoms with Crippen LogP contribution in [0, 0.1) is 11.8 Å². The summed E-state index contributed by atoms with van der Waals surface area (Å²) in [7, 11) is -2.12. The molecule has 5 heteroatoms. The molecule has 1 aliphatic heterocycles. The molecular formula is C23H41NO3Si. The zero-order valence-electron chi connectivity index (χ0n) is 19.1. The van der Waals surface area contributed by atoms with Crippen molar-refractivity contribution in [2.75, 3.05) is 13.2 Å². The molecule has 1 aliphatic rings. The van der Waals surface area contributed by atoms with Gasteiger partial charge in [-0.1, -0.05) is 54.9 Å². The molecule has 0 aromatic rings. The Morgan fingerprint density at radius 3 is 2.14 bits per heavy atom. The third-order valence-corrected chi connectivity index (χ3v) is 11.6. The number of ether oxygens (including phenoxy) is 1. The van der Waals surface area contributed by atoms with Crippen LogP contribution in [-0.4, -0.2) is 32.5 Å². The number of allylic oxidation sites excluding steroid dienone is 1. The maximum Gasteiger partial charge on any atom is 0.416 e. The lowest BCUT2D eigenvalue weighted by atomic mass is 10.2. The van der Waals surface area contributed by atoms with Gasteiger partial charge in [-0.3, -0.25) is 0 Å². The van der Waals surface area contributed by atoms with Crippen molar-refractivity contribution in [3.05, 3.63) is 12.0 Å². The number of rotatable bonds is 11. The second kappa shape index (κ2) is 12.2. The summed E-state index contributed by atoms with van der Waals surface area (Å²) in [4.78, 5) is 13.9. The summed E-state index contributed by atoms with van der Waals surface area (Å²) >= 11 is 0. The number of hydrogen-bond donors (Lipinski definition) is 0. The van der Waals surface area contributed by atoms with Crippen LogP contribution in [0.25, 0.3) is 0 Å². The summed E-state index contributed by atoms with van der Waals surface area (Å²) in [6, 6.07) is 0. The standard InChI is InChI=1S/C23H41NO3Si/c1-8-9-10-11-12-13-14-15-16-22(24-17-18-26-23(24)25)27-28(19(2)3,20(4)5)21(6)7/h16,19-21H,8-10,13-15,17-18H2,1-7H3/b22-16-. The highest BCUT2D eigenvalue weighted by molar-refractivity contribution is 6.77. The number of carbonyl (C=O) groups excluding carboxylic acids is 1. The van der Waals surface area contributed by atoms with E-state index in [2.05, 4.69) is 66.4 Å². The fourth-order valence-corrected chi connectivity index (χ4v) is 9.46. The molecule has 1 heterocycles. The molecular weight excluding hydrogens is 366 g/mol. The normalized spacial score (nSPS) is 15.3. The Balaban J connectivity index is 2.92. The van der Waals surface area contributed by atoms with Gasteiger partial charge in [-0.25, -0.2) is 9.69 Å². The molecule has 4 nitrogen and oxygen atoms in total. The number of unbranched alkanes of at least 4 members (excludes halogenated alkanes) is 4. The lowest BCUT2D eigenvalue weighted by molar-refractivity contribution is 0.151. The third-order valence-electron chi connectivity index (χ3n) is 5.62.